The van der Waals surface area contributed by atoms with Gasteiger partial charge in [-0.2, -0.15) is 0 Å². The molecule has 0 radical (unpaired) electrons. The number of nitrogens with zero attached hydrogens (tertiary/aromatic N) is 3. The number of nitro groups is 1. The summed E-state index contributed by atoms with van der Waals surface area (Å²) >= 11 is 0. The van der Waals surface area contributed by atoms with Crippen LogP contribution in [0, 0.1) is 10.1 Å². The lowest BCUT2D eigenvalue weighted by Crippen LogP contribution is -2.30. The van der Waals surface area contributed by atoms with Crippen LogP contribution in [0.1, 0.15) is 42.4 Å². The number of non-ortho nitro benzene ring substituents is 1. The van der Waals surface area contributed by atoms with E-state index in [2.05, 4.69) is 10.3 Å². The standard InChI is InChI=1S/C23H22N4O6/c1-14(21(28)24-16-6-5-7-17(13-16)27(31)32)33-23(30)15-9-10-18-19(12-15)25-20-8-3-2-4-11-26(20)22(18)29/h5-7,9-10,12-14H,2-4,8,11H2,1H3,(H,24,28)/t14-/m0/s1. The largest absolute Gasteiger partial charge is 0.449 e. The molecule has 0 saturated heterocycles. The van der Waals surface area contributed by atoms with E-state index in [-0.39, 0.29) is 22.5 Å². The fourth-order valence-electron chi connectivity index (χ4n) is 3.77. The van der Waals surface area contributed by atoms with Crippen molar-refractivity contribution >= 4 is 34.2 Å². The van der Waals surface area contributed by atoms with Gasteiger partial charge in [-0.1, -0.05) is 12.5 Å². The van der Waals surface area contributed by atoms with Gasteiger partial charge in [-0.05, 0) is 44.0 Å². The Labute approximate surface area is 188 Å². The van der Waals surface area contributed by atoms with Gasteiger partial charge in [-0.15, -0.1) is 0 Å². The number of aryl methyl sites for hydroxylation is 1. The van der Waals surface area contributed by atoms with Gasteiger partial charge in [0.05, 0.1) is 21.4 Å². The Morgan fingerprint density at radius 2 is 2.00 bits per heavy atom. The van der Waals surface area contributed by atoms with Gasteiger partial charge in [0.15, 0.2) is 6.10 Å². The second-order valence-corrected chi connectivity index (χ2v) is 7.87. The third-order valence-corrected chi connectivity index (χ3v) is 5.53. The van der Waals surface area contributed by atoms with E-state index < -0.39 is 22.9 Å². The highest BCUT2D eigenvalue weighted by Gasteiger charge is 2.21. The molecule has 10 heteroatoms. The summed E-state index contributed by atoms with van der Waals surface area (Å²) in [4.78, 5) is 52.8. The fraction of sp³-hybridized carbons (Fsp3) is 0.304. The number of carbonyl (C=O) groups is 2. The van der Waals surface area contributed by atoms with Crippen molar-refractivity contribution in [3.05, 3.63) is 74.3 Å². The molecular formula is C23H22N4O6. The van der Waals surface area contributed by atoms with Crippen LogP contribution in [0.2, 0.25) is 0 Å². The molecule has 0 unspecified atom stereocenters. The molecule has 0 aliphatic carbocycles. The lowest BCUT2D eigenvalue weighted by Gasteiger charge is -2.14. The van der Waals surface area contributed by atoms with Crippen LogP contribution in [-0.4, -0.2) is 32.5 Å². The maximum absolute atomic E-state index is 12.8. The molecule has 4 rings (SSSR count). The van der Waals surface area contributed by atoms with E-state index in [1.54, 1.807) is 10.6 Å². The van der Waals surface area contributed by atoms with Gasteiger partial charge in [-0.25, -0.2) is 9.78 Å². The summed E-state index contributed by atoms with van der Waals surface area (Å²) in [7, 11) is 0. The van der Waals surface area contributed by atoms with E-state index in [1.165, 1.54) is 43.3 Å². The lowest BCUT2D eigenvalue weighted by atomic mass is 10.1. The number of fused-ring (bicyclic) bond motifs is 2. The Kier molecular flexibility index (Phi) is 6.16. The molecular weight excluding hydrogens is 428 g/mol. The van der Waals surface area contributed by atoms with Gasteiger partial charge in [0.2, 0.25) is 0 Å². The van der Waals surface area contributed by atoms with Crippen molar-refractivity contribution < 1.29 is 19.2 Å². The number of amides is 1. The highest BCUT2D eigenvalue weighted by Crippen LogP contribution is 2.19. The fourth-order valence-corrected chi connectivity index (χ4v) is 3.77. The van der Waals surface area contributed by atoms with E-state index in [0.29, 0.717) is 29.7 Å². The van der Waals surface area contributed by atoms with Crippen molar-refractivity contribution in [2.45, 2.75) is 45.3 Å². The molecule has 0 fully saturated rings. The number of ether oxygens (including phenoxy) is 1. The van der Waals surface area contributed by atoms with Gasteiger partial charge < -0.3 is 10.1 Å². The van der Waals surface area contributed by atoms with Crippen molar-refractivity contribution in [2.75, 3.05) is 5.32 Å². The Hall–Kier alpha value is -4.08. The third kappa shape index (κ3) is 4.74. The minimum absolute atomic E-state index is 0.124. The van der Waals surface area contributed by atoms with Crippen LogP contribution in [0.3, 0.4) is 0 Å². The first-order valence-electron chi connectivity index (χ1n) is 10.6. The normalized spacial score (nSPS) is 14.1. The molecule has 1 atom stereocenters. The van der Waals surface area contributed by atoms with E-state index in [4.69, 9.17) is 4.74 Å². The number of nitro benzene ring substituents is 1. The van der Waals surface area contributed by atoms with Crippen molar-refractivity contribution in [3.63, 3.8) is 0 Å². The summed E-state index contributed by atoms with van der Waals surface area (Å²) in [6.45, 7) is 2.04. The second kappa shape index (κ2) is 9.19. The van der Waals surface area contributed by atoms with E-state index in [9.17, 15) is 24.5 Å². The molecule has 0 bridgehead atoms. The summed E-state index contributed by atoms with van der Waals surface area (Å²) < 4.78 is 6.97. The zero-order valence-corrected chi connectivity index (χ0v) is 17.9. The van der Waals surface area contributed by atoms with Crippen LogP contribution >= 0.6 is 0 Å². The molecule has 1 N–H and O–H groups in total. The minimum Gasteiger partial charge on any atom is -0.449 e. The van der Waals surface area contributed by atoms with Crippen molar-refractivity contribution in [1.82, 2.24) is 9.55 Å². The van der Waals surface area contributed by atoms with Gasteiger partial charge in [0.25, 0.3) is 17.2 Å². The smallest absolute Gasteiger partial charge is 0.338 e. The first kappa shape index (κ1) is 22.1. The molecule has 3 aromatic rings. The lowest BCUT2D eigenvalue weighted by molar-refractivity contribution is -0.384. The van der Waals surface area contributed by atoms with E-state index in [0.717, 1.165) is 19.3 Å². The molecule has 1 aliphatic rings. The Bertz CT molecular complexity index is 1320. The number of aromatic nitrogens is 2. The topological polar surface area (TPSA) is 133 Å². The zero-order valence-electron chi connectivity index (χ0n) is 17.9. The highest BCUT2D eigenvalue weighted by atomic mass is 16.6. The Morgan fingerprint density at radius 1 is 1.18 bits per heavy atom. The quantitative estimate of drug-likeness (QED) is 0.358. The van der Waals surface area contributed by atoms with Crippen LogP contribution in [-0.2, 0) is 22.5 Å². The van der Waals surface area contributed by atoms with E-state index in [1.807, 2.05) is 0 Å². The average Bonchev–Trinajstić information content (AvgIpc) is 3.04. The molecule has 0 spiro atoms. The van der Waals surface area contributed by atoms with Gasteiger partial charge >= 0.3 is 5.97 Å². The minimum atomic E-state index is -1.15. The molecule has 1 amide bonds. The summed E-state index contributed by atoms with van der Waals surface area (Å²) in [6, 6.07) is 9.97. The molecule has 10 nitrogen and oxygen atoms in total. The van der Waals surface area contributed by atoms with Crippen molar-refractivity contribution in [1.29, 1.82) is 0 Å². The first-order chi connectivity index (χ1) is 15.8. The van der Waals surface area contributed by atoms with Crippen LogP contribution in [0.25, 0.3) is 10.9 Å². The number of rotatable bonds is 5. The average molecular weight is 450 g/mol. The zero-order chi connectivity index (χ0) is 23.5. The number of hydrogen-bond acceptors (Lipinski definition) is 7. The Morgan fingerprint density at radius 3 is 2.79 bits per heavy atom. The van der Waals surface area contributed by atoms with Crippen LogP contribution < -0.4 is 10.9 Å². The molecule has 0 saturated carbocycles. The number of carbonyl (C=O) groups excluding carboxylic acids is 2. The van der Waals surface area contributed by atoms with Gasteiger partial charge in [-0.3, -0.25) is 24.3 Å². The van der Waals surface area contributed by atoms with E-state index >= 15 is 0 Å². The Balaban J connectivity index is 1.50. The molecule has 33 heavy (non-hydrogen) atoms. The van der Waals surface area contributed by atoms with Crippen LogP contribution in [0.15, 0.2) is 47.3 Å². The summed E-state index contributed by atoms with van der Waals surface area (Å²) in [5.41, 5.74) is 0.504. The summed E-state index contributed by atoms with van der Waals surface area (Å²) in [5, 5.41) is 13.8. The predicted molar refractivity (Wildman–Crippen MR) is 120 cm³/mol. The van der Waals surface area contributed by atoms with Crippen molar-refractivity contribution in [3.8, 4) is 0 Å². The number of nitrogens with one attached hydrogen (secondary N) is 1. The van der Waals surface area contributed by atoms with Crippen molar-refractivity contribution in [2.24, 2.45) is 0 Å². The third-order valence-electron chi connectivity index (χ3n) is 5.53. The summed E-state index contributed by atoms with van der Waals surface area (Å²) in [6.07, 6.45) is 2.47. The predicted octanol–water partition coefficient (Wildman–Crippen LogP) is 3.22. The number of benzene rings is 2. The first-order valence-corrected chi connectivity index (χ1v) is 10.6. The molecule has 170 valence electrons. The number of anilines is 1. The molecule has 1 aliphatic heterocycles. The SMILES string of the molecule is C[C@H](OC(=O)c1ccc2c(=O)n3c(nc2c1)CCCCC3)C(=O)Nc1cccc([N+](=O)[O-])c1. The monoisotopic (exact) mass is 450 g/mol. The molecule has 2 aromatic carbocycles. The maximum atomic E-state index is 12.8. The summed E-state index contributed by atoms with van der Waals surface area (Å²) in [5.74, 6) is -0.665. The number of hydrogen-bond donors (Lipinski definition) is 1. The molecule has 1 aromatic heterocycles. The number of esters is 1. The van der Waals surface area contributed by atoms with Gasteiger partial charge in [0.1, 0.15) is 5.82 Å². The second-order valence-electron chi connectivity index (χ2n) is 7.87. The maximum Gasteiger partial charge on any atom is 0.338 e. The van der Waals surface area contributed by atoms with Crippen LogP contribution in [0.5, 0.6) is 0 Å². The highest BCUT2D eigenvalue weighted by molar-refractivity contribution is 5.98. The van der Waals surface area contributed by atoms with Crippen LogP contribution in [0.4, 0.5) is 11.4 Å². The van der Waals surface area contributed by atoms with Gasteiger partial charge in [0, 0.05) is 30.8 Å². The molecule has 2 heterocycles.